The van der Waals surface area contributed by atoms with E-state index < -0.39 is 0 Å². The molecule has 116 valence electrons. The van der Waals surface area contributed by atoms with E-state index in [0.29, 0.717) is 11.6 Å². The van der Waals surface area contributed by atoms with Gasteiger partial charge in [-0.1, -0.05) is 19.3 Å². The molecule has 1 atom stereocenters. The van der Waals surface area contributed by atoms with Gasteiger partial charge in [-0.05, 0) is 32.2 Å². The van der Waals surface area contributed by atoms with Gasteiger partial charge in [0.05, 0.1) is 5.01 Å². The summed E-state index contributed by atoms with van der Waals surface area (Å²) in [6.45, 7) is 3.92. The molecule has 3 rings (SSSR count). The molecule has 1 unspecified atom stereocenters. The van der Waals surface area contributed by atoms with Crippen molar-refractivity contribution >= 4 is 17.2 Å². The number of rotatable bonds is 2. The molecule has 2 aliphatic heterocycles. The Morgan fingerprint density at radius 2 is 1.95 bits per heavy atom. The van der Waals surface area contributed by atoms with Crippen LogP contribution in [0.1, 0.15) is 66.4 Å². The molecule has 0 radical (unpaired) electrons. The number of nitrogens with one attached hydrogen (secondary N) is 1. The average Bonchev–Trinajstić information content (AvgIpc) is 2.97. The van der Waals surface area contributed by atoms with Gasteiger partial charge in [-0.2, -0.15) is 0 Å². The van der Waals surface area contributed by atoms with Crippen molar-refractivity contribution in [2.24, 2.45) is 0 Å². The van der Waals surface area contributed by atoms with Gasteiger partial charge in [0.15, 0.2) is 0 Å². The number of thiazole rings is 1. The van der Waals surface area contributed by atoms with Gasteiger partial charge in [0.2, 0.25) is 0 Å². The van der Waals surface area contributed by atoms with E-state index in [-0.39, 0.29) is 5.91 Å². The van der Waals surface area contributed by atoms with Gasteiger partial charge in [-0.3, -0.25) is 4.79 Å². The summed E-state index contributed by atoms with van der Waals surface area (Å²) in [6.07, 6.45) is 8.49. The zero-order chi connectivity index (χ0) is 14.5. The molecular formula is C16H25N3OS. The second kappa shape index (κ2) is 7.36. The predicted octanol–water partition coefficient (Wildman–Crippen LogP) is 3.02. The number of piperidine rings is 1. The first-order valence-electron chi connectivity index (χ1n) is 8.30. The summed E-state index contributed by atoms with van der Waals surface area (Å²) in [5.74, 6) is 0.640. The van der Waals surface area contributed by atoms with E-state index in [1.807, 2.05) is 10.3 Å². The average molecular weight is 307 g/mol. The van der Waals surface area contributed by atoms with Crippen LogP contribution in [0.15, 0.2) is 5.38 Å². The molecule has 1 amide bonds. The minimum absolute atomic E-state index is 0.142. The highest BCUT2D eigenvalue weighted by atomic mass is 32.1. The third-order valence-corrected chi connectivity index (χ3v) is 5.54. The maximum absolute atomic E-state index is 12.6. The lowest BCUT2D eigenvalue weighted by atomic mass is 10.0. The van der Waals surface area contributed by atoms with Crippen molar-refractivity contribution in [3.8, 4) is 0 Å². The summed E-state index contributed by atoms with van der Waals surface area (Å²) in [5.41, 5.74) is 0.668. The number of hydrogen-bond acceptors (Lipinski definition) is 4. The Bertz CT molecular complexity index is 460. The lowest BCUT2D eigenvalue weighted by Gasteiger charge is -2.24. The molecule has 1 aromatic heterocycles. The Hall–Kier alpha value is -0.940. The SMILES string of the molecule is O=C(c1csc(C2CCCNC2)n1)N1CCCCCCC1. The van der Waals surface area contributed by atoms with Gasteiger partial charge in [0.25, 0.3) is 5.91 Å². The summed E-state index contributed by atoms with van der Waals surface area (Å²) in [4.78, 5) is 19.3. The number of aromatic nitrogens is 1. The van der Waals surface area contributed by atoms with Crippen LogP contribution >= 0.6 is 11.3 Å². The van der Waals surface area contributed by atoms with Crippen molar-refractivity contribution < 1.29 is 4.79 Å². The quantitative estimate of drug-likeness (QED) is 0.913. The van der Waals surface area contributed by atoms with Crippen molar-refractivity contribution in [2.45, 2.75) is 50.9 Å². The molecule has 2 fully saturated rings. The highest BCUT2D eigenvalue weighted by Gasteiger charge is 2.23. The summed E-state index contributed by atoms with van der Waals surface area (Å²) < 4.78 is 0. The molecule has 0 bridgehead atoms. The van der Waals surface area contributed by atoms with Gasteiger partial charge in [0.1, 0.15) is 5.69 Å². The minimum Gasteiger partial charge on any atom is -0.337 e. The molecule has 0 aliphatic carbocycles. The van der Waals surface area contributed by atoms with Gasteiger partial charge in [0, 0.05) is 30.9 Å². The van der Waals surface area contributed by atoms with Crippen LogP contribution < -0.4 is 5.32 Å². The molecule has 3 heterocycles. The largest absolute Gasteiger partial charge is 0.337 e. The Balaban J connectivity index is 1.65. The summed E-state index contributed by atoms with van der Waals surface area (Å²) >= 11 is 1.66. The van der Waals surface area contributed by atoms with Crippen molar-refractivity contribution in [1.29, 1.82) is 0 Å². The van der Waals surface area contributed by atoms with Crippen LogP contribution in [0.2, 0.25) is 0 Å². The van der Waals surface area contributed by atoms with Crippen LogP contribution in [0, 0.1) is 0 Å². The van der Waals surface area contributed by atoms with Gasteiger partial charge in [-0.15, -0.1) is 11.3 Å². The maximum atomic E-state index is 12.6. The van der Waals surface area contributed by atoms with Crippen LogP contribution in [-0.2, 0) is 0 Å². The van der Waals surface area contributed by atoms with Crippen molar-refractivity contribution in [3.05, 3.63) is 16.1 Å². The third-order valence-electron chi connectivity index (χ3n) is 4.53. The molecular weight excluding hydrogens is 282 g/mol. The lowest BCUT2D eigenvalue weighted by Crippen LogP contribution is -2.34. The maximum Gasteiger partial charge on any atom is 0.273 e. The van der Waals surface area contributed by atoms with Crippen molar-refractivity contribution in [1.82, 2.24) is 15.2 Å². The molecule has 2 aliphatic rings. The van der Waals surface area contributed by atoms with Crippen molar-refractivity contribution in [2.75, 3.05) is 26.2 Å². The molecule has 5 heteroatoms. The highest BCUT2D eigenvalue weighted by Crippen LogP contribution is 2.26. The second-order valence-electron chi connectivity index (χ2n) is 6.17. The van der Waals surface area contributed by atoms with Crippen LogP contribution in [-0.4, -0.2) is 42.0 Å². The highest BCUT2D eigenvalue weighted by molar-refractivity contribution is 7.09. The smallest absolute Gasteiger partial charge is 0.273 e. The Kier molecular flexibility index (Phi) is 5.25. The predicted molar refractivity (Wildman–Crippen MR) is 85.9 cm³/mol. The van der Waals surface area contributed by atoms with E-state index in [9.17, 15) is 4.79 Å². The molecule has 1 N–H and O–H groups in total. The summed E-state index contributed by atoms with van der Waals surface area (Å²) in [5, 5.41) is 6.52. The van der Waals surface area contributed by atoms with E-state index in [1.165, 1.54) is 32.1 Å². The van der Waals surface area contributed by atoms with E-state index in [4.69, 9.17) is 0 Å². The molecule has 21 heavy (non-hydrogen) atoms. The van der Waals surface area contributed by atoms with E-state index in [0.717, 1.165) is 44.0 Å². The first-order valence-corrected chi connectivity index (χ1v) is 9.18. The Labute approximate surface area is 130 Å². The normalized spacial score (nSPS) is 24.4. The van der Waals surface area contributed by atoms with Crippen LogP contribution in [0.4, 0.5) is 0 Å². The van der Waals surface area contributed by atoms with Crippen molar-refractivity contribution in [3.63, 3.8) is 0 Å². The Morgan fingerprint density at radius 1 is 1.19 bits per heavy atom. The van der Waals surface area contributed by atoms with E-state index in [2.05, 4.69) is 10.3 Å². The molecule has 0 saturated carbocycles. The van der Waals surface area contributed by atoms with Crippen LogP contribution in [0.5, 0.6) is 0 Å². The fourth-order valence-corrected chi connectivity index (χ4v) is 4.18. The number of carbonyl (C=O) groups is 1. The van der Waals surface area contributed by atoms with E-state index >= 15 is 0 Å². The third kappa shape index (κ3) is 3.83. The molecule has 0 spiro atoms. The zero-order valence-corrected chi connectivity index (χ0v) is 13.5. The first kappa shape index (κ1) is 15.0. The Morgan fingerprint density at radius 3 is 2.67 bits per heavy atom. The zero-order valence-electron chi connectivity index (χ0n) is 12.6. The monoisotopic (exact) mass is 307 g/mol. The summed E-state index contributed by atoms with van der Waals surface area (Å²) in [6, 6.07) is 0. The fraction of sp³-hybridized carbons (Fsp3) is 0.750. The van der Waals surface area contributed by atoms with Gasteiger partial charge < -0.3 is 10.2 Å². The number of amides is 1. The van der Waals surface area contributed by atoms with Gasteiger partial charge in [-0.25, -0.2) is 4.98 Å². The van der Waals surface area contributed by atoms with E-state index in [1.54, 1.807) is 11.3 Å². The molecule has 2 saturated heterocycles. The van der Waals surface area contributed by atoms with Crippen LogP contribution in [0.3, 0.4) is 0 Å². The topological polar surface area (TPSA) is 45.2 Å². The second-order valence-corrected chi connectivity index (χ2v) is 7.06. The molecule has 4 nitrogen and oxygen atoms in total. The molecule has 1 aromatic rings. The number of likely N-dealkylation sites (tertiary alicyclic amines) is 1. The lowest BCUT2D eigenvalue weighted by molar-refractivity contribution is 0.0737. The number of carbonyl (C=O) groups excluding carboxylic acids is 1. The first-order chi connectivity index (χ1) is 10.3. The number of hydrogen-bond donors (Lipinski definition) is 1. The summed E-state index contributed by atoms with van der Waals surface area (Å²) in [7, 11) is 0. The fourth-order valence-electron chi connectivity index (χ4n) is 3.25. The standard InChI is InChI=1S/C16H25N3OS/c20-16(19-9-4-2-1-3-5-10-19)14-12-21-15(18-14)13-7-6-8-17-11-13/h12-13,17H,1-11H2. The molecule has 0 aromatic carbocycles. The van der Waals surface area contributed by atoms with Crippen LogP contribution in [0.25, 0.3) is 0 Å². The van der Waals surface area contributed by atoms with Gasteiger partial charge >= 0.3 is 0 Å². The number of nitrogens with zero attached hydrogens (tertiary/aromatic N) is 2. The minimum atomic E-state index is 0.142.